The van der Waals surface area contributed by atoms with E-state index in [1.165, 1.54) is 12.1 Å². The lowest BCUT2D eigenvalue weighted by Crippen LogP contribution is -2.49. The molecular formula is C19H18ClF4N2O3S+. The molecule has 2 N–H and O–H groups in total. The average Bonchev–Trinajstić information content (AvgIpc) is 3.03. The lowest BCUT2D eigenvalue weighted by atomic mass is 10.2. The fourth-order valence-corrected chi connectivity index (χ4v) is 4.40. The van der Waals surface area contributed by atoms with Gasteiger partial charge in [0.15, 0.2) is 5.82 Å². The number of anilines is 1. The van der Waals surface area contributed by atoms with Crippen LogP contribution in [0, 0.1) is 5.82 Å². The van der Waals surface area contributed by atoms with E-state index in [1.54, 1.807) is 0 Å². The summed E-state index contributed by atoms with van der Waals surface area (Å²) in [5, 5.41) is 9.34. The monoisotopic (exact) mass is 465 g/mol. The van der Waals surface area contributed by atoms with Crippen LogP contribution in [0.3, 0.4) is 0 Å². The molecule has 0 radical (unpaired) electrons. The molecule has 2 aromatic rings. The second-order valence-electron chi connectivity index (χ2n) is 6.87. The summed E-state index contributed by atoms with van der Waals surface area (Å²) in [7, 11) is 0. The molecule has 0 aromatic heterocycles. The SMILES string of the molecule is C[C@@H]1CCC[N+]1(SNc1ccc(Oc2ccc(C(F)(F)F)cc2Cl)cc1F)C(=O)O. The maximum absolute atomic E-state index is 14.5. The first kappa shape index (κ1) is 22.5. The number of quaternary nitrogens is 1. The van der Waals surface area contributed by atoms with E-state index in [2.05, 4.69) is 4.72 Å². The molecule has 0 bridgehead atoms. The van der Waals surface area contributed by atoms with Crippen molar-refractivity contribution in [3.63, 3.8) is 0 Å². The van der Waals surface area contributed by atoms with Gasteiger partial charge in [-0.2, -0.15) is 18.0 Å². The van der Waals surface area contributed by atoms with Crippen LogP contribution in [-0.2, 0) is 6.18 Å². The minimum atomic E-state index is -4.54. The zero-order valence-corrected chi connectivity index (χ0v) is 17.2. The molecule has 1 saturated heterocycles. The number of carboxylic acid groups (broad SMARTS) is 1. The van der Waals surface area contributed by atoms with Crippen LogP contribution < -0.4 is 9.46 Å². The first-order chi connectivity index (χ1) is 14.0. The standard InChI is InChI=1S/C19H17ClF4N2O3S/c1-11-3-2-8-26(11,18(27)28)30-25-16-6-5-13(10-15(16)21)29-17-7-4-12(9-14(17)20)19(22,23)24/h4-7,9-11,25H,2-3,8H2,1H3/p+1/t11-,26?/m1/s1. The van der Waals surface area contributed by atoms with Gasteiger partial charge >= 0.3 is 12.3 Å². The third kappa shape index (κ3) is 4.60. The van der Waals surface area contributed by atoms with Gasteiger partial charge in [0.05, 0.1) is 16.3 Å². The van der Waals surface area contributed by atoms with Crippen LogP contribution >= 0.6 is 23.7 Å². The zero-order chi connectivity index (χ0) is 22.1. The Balaban J connectivity index is 1.72. The largest absolute Gasteiger partial charge is 0.527 e. The van der Waals surface area contributed by atoms with Gasteiger partial charge in [-0.3, -0.25) is 4.72 Å². The predicted molar refractivity (Wildman–Crippen MR) is 106 cm³/mol. The lowest BCUT2D eigenvalue weighted by molar-refractivity contribution is -0.729. The quantitative estimate of drug-likeness (QED) is 0.284. The third-order valence-electron chi connectivity index (χ3n) is 4.89. The molecule has 5 nitrogen and oxygen atoms in total. The van der Waals surface area contributed by atoms with E-state index < -0.39 is 23.7 Å². The molecule has 1 amide bonds. The van der Waals surface area contributed by atoms with E-state index in [1.807, 2.05) is 6.92 Å². The smallest absolute Gasteiger partial charge is 0.456 e. The van der Waals surface area contributed by atoms with Crippen LogP contribution in [0.15, 0.2) is 36.4 Å². The lowest BCUT2D eigenvalue weighted by Gasteiger charge is -2.29. The number of alkyl halides is 3. The Morgan fingerprint density at radius 3 is 2.57 bits per heavy atom. The number of nitrogens with one attached hydrogen (secondary N) is 1. The van der Waals surface area contributed by atoms with Crippen LogP contribution in [0.5, 0.6) is 11.5 Å². The number of ether oxygens (including phenoxy) is 1. The van der Waals surface area contributed by atoms with E-state index in [0.717, 1.165) is 49.2 Å². The van der Waals surface area contributed by atoms with Gasteiger partial charge in [0.2, 0.25) is 12.1 Å². The van der Waals surface area contributed by atoms with Gasteiger partial charge in [-0.05, 0) is 37.3 Å². The Kier molecular flexibility index (Phi) is 6.40. The van der Waals surface area contributed by atoms with Gasteiger partial charge in [-0.15, -0.1) is 3.89 Å². The van der Waals surface area contributed by atoms with Gasteiger partial charge in [0.25, 0.3) is 0 Å². The fourth-order valence-electron chi connectivity index (χ4n) is 3.17. The molecule has 2 aromatic carbocycles. The molecule has 2 atom stereocenters. The second kappa shape index (κ2) is 8.52. The molecule has 0 aliphatic carbocycles. The maximum Gasteiger partial charge on any atom is 0.527 e. The van der Waals surface area contributed by atoms with Crippen molar-refractivity contribution in [2.45, 2.75) is 32.0 Å². The van der Waals surface area contributed by atoms with Crippen molar-refractivity contribution in [3.8, 4) is 11.5 Å². The van der Waals surface area contributed by atoms with Crippen molar-refractivity contribution < 1.29 is 36.1 Å². The van der Waals surface area contributed by atoms with Gasteiger partial charge in [0, 0.05) is 18.9 Å². The van der Waals surface area contributed by atoms with Gasteiger partial charge in [-0.25, -0.2) is 4.39 Å². The van der Waals surface area contributed by atoms with Gasteiger partial charge < -0.3 is 9.84 Å². The summed E-state index contributed by atoms with van der Waals surface area (Å²) in [5.74, 6) is -0.736. The number of benzene rings is 2. The van der Waals surface area contributed by atoms with Crippen LogP contribution in [-0.4, -0.2) is 27.7 Å². The maximum atomic E-state index is 14.5. The third-order valence-corrected chi connectivity index (χ3v) is 6.53. The fraction of sp³-hybridized carbons (Fsp3) is 0.316. The van der Waals surface area contributed by atoms with Crippen molar-refractivity contribution in [1.82, 2.24) is 0 Å². The van der Waals surface area contributed by atoms with Crippen molar-refractivity contribution in [3.05, 3.63) is 52.8 Å². The number of halogens is 5. The van der Waals surface area contributed by atoms with E-state index >= 15 is 0 Å². The highest BCUT2D eigenvalue weighted by molar-refractivity contribution is 7.95. The molecule has 0 spiro atoms. The van der Waals surface area contributed by atoms with Gasteiger partial charge in [-0.1, -0.05) is 11.6 Å². The summed E-state index contributed by atoms with van der Waals surface area (Å²) >= 11 is 6.76. The summed E-state index contributed by atoms with van der Waals surface area (Å²) in [6.45, 7) is 2.25. The molecular weight excluding hydrogens is 448 g/mol. The summed E-state index contributed by atoms with van der Waals surface area (Å²) in [4.78, 5) is 11.7. The first-order valence-corrected chi connectivity index (χ1v) is 10.1. The van der Waals surface area contributed by atoms with Crippen molar-refractivity contribution >= 4 is 35.5 Å². The molecule has 1 aliphatic heterocycles. The Hall–Kier alpha value is -2.17. The van der Waals surface area contributed by atoms with E-state index in [-0.39, 0.29) is 32.1 Å². The highest BCUT2D eigenvalue weighted by Gasteiger charge is 2.49. The average molecular weight is 466 g/mol. The Bertz CT molecular complexity index is 960. The number of likely N-dealkylation sites (tertiary alicyclic amines) is 1. The summed E-state index contributed by atoms with van der Waals surface area (Å²) in [5.41, 5.74) is -0.863. The molecule has 3 rings (SSSR count). The molecule has 1 unspecified atom stereocenters. The molecule has 0 saturated carbocycles. The number of nitrogens with zero attached hydrogens (tertiary/aromatic N) is 1. The molecule has 1 aliphatic rings. The predicted octanol–water partition coefficient (Wildman–Crippen LogP) is 6.94. The van der Waals surface area contributed by atoms with Crippen LogP contribution in [0.25, 0.3) is 0 Å². The molecule has 162 valence electrons. The number of amides is 1. The van der Waals surface area contributed by atoms with Crippen molar-refractivity contribution in [2.75, 3.05) is 11.3 Å². The Labute approximate surface area is 179 Å². The van der Waals surface area contributed by atoms with Gasteiger partial charge in [0.1, 0.15) is 24.1 Å². The first-order valence-electron chi connectivity index (χ1n) is 8.93. The van der Waals surface area contributed by atoms with Crippen molar-refractivity contribution in [2.24, 2.45) is 0 Å². The highest BCUT2D eigenvalue weighted by Crippen LogP contribution is 2.39. The Morgan fingerprint density at radius 2 is 2.03 bits per heavy atom. The second-order valence-corrected chi connectivity index (χ2v) is 8.32. The summed E-state index contributed by atoms with van der Waals surface area (Å²) in [6.07, 6.45) is -4.04. The molecule has 1 fully saturated rings. The molecule has 1 heterocycles. The molecule has 30 heavy (non-hydrogen) atoms. The van der Waals surface area contributed by atoms with E-state index in [9.17, 15) is 27.5 Å². The number of rotatable bonds is 5. The number of hydrogen-bond donors (Lipinski definition) is 2. The minimum absolute atomic E-state index is 0.0291. The van der Waals surface area contributed by atoms with Crippen molar-refractivity contribution in [1.29, 1.82) is 0 Å². The van der Waals surface area contributed by atoms with E-state index in [0.29, 0.717) is 6.54 Å². The van der Waals surface area contributed by atoms with Crippen LogP contribution in [0.1, 0.15) is 25.3 Å². The number of carbonyl (C=O) groups is 1. The number of hydrogen-bond acceptors (Lipinski definition) is 4. The summed E-state index contributed by atoms with van der Waals surface area (Å²) < 4.78 is 60.5. The zero-order valence-electron chi connectivity index (χ0n) is 15.7. The van der Waals surface area contributed by atoms with E-state index in [4.69, 9.17) is 16.3 Å². The van der Waals surface area contributed by atoms with Crippen LogP contribution in [0.2, 0.25) is 5.02 Å². The topological polar surface area (TPSA) is 58.6 Å². The summed E-state index contributed by atoms with van der Waals surface area (Å²) in [6, 6.07) is 6.26. The Morgan fingerprint density at radius 1 is 1.30 bits per heavy atom. The van der Waals surface area contributed by atoms with Crippen LogP contribution in [0.4, 0.5) is 28.0 Å². The highest BCUT2D eigenvalue weighted by atomic mass is 35.5. The molecule has 11 heteroatoms. The normalized spacial score (nSPS) is 21.5. The minimum Gasteiger partial charge on any atom is -0.456 e.